The highest BCUT2D eigenvalue weighted by Gasteiger charge is 2.31. The Morgan fingerprint density at radius 2 is 2.31 bits per heavy atom. The molecular weight excluding hydrogens is 226 g/mol. The number of rotatable bonds is 1. The van der Waals surface area contributed by atoms with E-state index in [0.29, 0.717) is 0 Å². The Bertz CT molecular complexity index is 335. The summed E-state index contributed by atoms with van der Waals surface area (Å²) in [6.07, 6.45) is 1.14. The molecule has 1 aliphatic rings. The van der Waals surface area contributed by atoms with Crippen molar-refractivity contribution in [2.45, 2.75) is 32.4 Å². The molecule has 1 N–H and O–H groups in total. The Morgan fingerprint density at radius 1 is 1.54 bits per heavy atom. The fraction of sp³-hybridized carbons (Fsp3) is 0.455. The fourth-order valence-corrected chi connectivity index (χ4v) is 2.36. The van der Waals surface area contributed by atoms with Crippen LogP contribution in [0.3, 0.4) is 0 Å². The molecule has 1 aromatic rings. The summed E-state index contributed by atoms with van der Waals surface area (Å²) in [6.45, 7) is 5.50. The van der Waals surface area contributed by atoms with Crippen molar-refractivity contribution in [3.05, 3.63) is 33.8 Å². The van der Waals surface area contributed by atoms with Crippen molar-refractivity contribution in [3.63, 3.8) is 0 Å². The predicted octanol–water partition coefficient (Wildman–Crippen LogP) is 3.18. The summed E-state index contributed by atoms with van der Waals surface area (Å²) in [5, 5.41) is 3.55. The SMILES string of the molecule is CCC1(C)NCc2cc(Br)ccc21. The second-order valence-electron chi connectivity index (χ2n) is 3.84. The maximum Gasteiger partial charge on any atom is 0.0409 e. The zero-order chi connectivity index (χ0) is 9.47. The number of benzene rings is 1. The zero-order valence-corrected chi connectivity index (χ0v) is 9.61. The first kappa shape index (κ1) is 9.22. The molecule has 2 heteroatoms. The van der Waals surface area contributed by atoms with Crippen LogP contribution in [0.15, 0.2) is 22.7 Å². The summed E-state index contributed by atoms with van der Waals surface area (Å²) in [5.74, 6) is 0. The van der Waals surface area contributed by atoms with E-state index >= 15 is 0 Å². The van der Waals surface area contributed by atoms with E-state index in [2.05, 4.69) is 53.3 Å². The van der Waals surface area contributed by atoms with E-state index in [1.165, 1.54) is 15.6 Å². The molecular formula is C11H14BrN. The van der Waals surface area contributed by atoms with Gasteiger partial charge >= 0.3 is 0 Å². The van der Waals surface area contributed by atoms with Crippen LogP contribution in [-0.2, 0) is 12.1 Å². The van der Waals surface area contributed by atoms with E-state index in [1.807, 2.05) is 0 Å². The van der Waals surface area contributed by atoms with Crippen molar-refractivity contribution >= 4 is 15.9 Å². The van der Waals surface area contributed by atoms with Crippen LogP contribution < -0.4 is 5.32 Å². The van der Waals surface area contributed by atoms with Crippen LogP contribution in [0.4, 0.5) is 0 Å². The molecule has 0 radical (unpaired) electrons. The minimum absolute atomic E-state index is 0.191. The van der Waals surface area contributed by atoms with Crippen molar-refractivity contribution in [1.29, 1.82) is 0 Å². The molecule has 1 atom stereocenters. The van der Waals surface area contributed by atoms with Gasteiger partial charge in [0.1, 0.15) is 0 Å². The monoisotopic (exact) mass is 239 g/mol. The van der Waals surface area contributed by atoms with Crippen LogP contribution in [0.25, 0.3) is 0 Å². The zero-order valence-electron chi connectivity index (χ0n) is 8.02. The van der Waals surface area contributed by atoms with Crippen LogP contribution in [-0.4, -0.2) is 0 Å². The molecule has 0 fully saturated rings. The van der Waals surface area contributed by atoms with Gasteiger partial charge in [-0.3, -0.25) is 0 Å². The molecule has 0 bridgehead atoms. The molecule has 0 saturated heterocycles. The lowest BCUT2D eigenvalue weighted by Gasteiger charge is -2.23. The molecule has 1 aromatic carbocycles. The van der Waals surface area contributed by atoms with E-state index < -0.39 is 0 Å². The standard InChI is InChI=1S/C11H14BrN/c1-3-11(2)10-5-4-9(12)6-8(10)7-13-11/h4-6,13H,3,7H2,1-2H3. The van der Waals surface area contributed by atoms with Gasteiger partial charge in [-0.25, -0.2) is 0 Å². The van der Waals surface area contributed by atoms with Gasteiger partial charge in [0.2, 0.25) is 0 Å². The van der Waals surface area contributed by atoms with Crippen molar-refractivity contribution < 1.29 is 0 Å². The summed E-state index contributed by atoms with van der Waals surface area (Å²) in [4.78, 5) is 0. The maximum absolute atomic E-state index is 3.55. The summed E-state index contributed by atoms with van der Waals surface area (Å²) < 4.78 is 1.17. The average molecular weight is 240 g/mol. The Morgan fingerprint density at radius 3 is 3.00 bits per heavy atom. The highest BCUT2D eigenvalue weighted by molar-refractivity contribution is 9.10. The molecule has 70 valence electrons. The van der Waals surface area contributed by atoms with E-state index in [0.717, 1.165) is 13.0 Å². The Balaban J connectivity index is 2.49. The van der Waals surface area contributed by atoms with Gasteiger partial charge in [-0.2, -0.15) is 0 Å². The van der Waals surface area contributed by atoms with E-state index in [-0.39, 0.29) is 5.54 Å². The van der Waals surface area contributed by atoms with E-state index in [1.54, 1.807) is 0 Å². The van der Waals surface area contributed by atoms with Gasteiger partial charge < -0.3 is 5.32 Å². The van der Waals surface area contributed by atoms with Crippen molar-refractivity contribution in [2.24, 2.45) is 0 Å². The smallest absolute Gasteiger partial charge is 0.0409 e. The lowest BCUT2D eigenvalue weighted by Crippen LogP contribution is -2.31. The second-order valence-corrected chi connectivity index (χ2v) is 4.76. The van der Waals surface area contributed by atoms with Crippen molar-refractivity contribution in [2.75, 3.05) is 0 Å². The second kappa shape index (κ2) is 3.10. The average Bonchev–Trinajstić information content (AvgIpc) is 2.45. The summed E-state index contributed by atoms with van der Waals surface area (Å²) in [7, 11) is 0. The highest BCUT2D eigenvalue weighted by atomic mass is 79.9. The van der Waals surface area contributed by atoms with Crippen LogP contribution in [0, 0.1) is 0 Å². The molecule has 13 heavy (non-hydrogen) atoms. The lowest BCUT2D eigenvalue weighted by molar-refractivity contribution is 0.386. The van der Waals surface area contributed by atoms with Gasteiger partial charge in [0, 0.05) is 16.6 Å². The minimum atomic E-state index is 0.191. The van der Waals surface area contributed by atoms with Gasteiger partial charge in [-0.05, 0) is 36.6 Å². The van der Waals surface area contributed by atoms with Crippen LogP contribution in [0.2, 0.25) is 0 Å². The number of hydrogen-bond donors (Lipinski definition) is 1. The quantitative estimate of drug-likeness (QED) is 0.794. The molecule has 1 heterocycles. The number of hydrogen-bond acceptors (Lipinski definition) is 1. The third-order valence-corrected chi connectivity index (χ3v) is 3.53. The highest BCUT2D eigenvalue weighted by Crippen LogP contribution is 2.34. The third-order valence-electron chi connectivity index (χ3n) is 3.04. The van der Waals surface area contributed by atoms with Gasteiger partial charge in [0.05, 0.1) is 0 Å². The van der Waals surface area contributed by atoms with Crippen LogP contribution >= 0.6 is 15.9 Å². The minimum Gasteiger partial charge on any atom is -0.303 e. The van der Waals surface area contributed by atoms with E-state index in [9.17, 15) is 0 Å². The Kier molecular flexibility index (Phi) is 2.20. The fourth-order valence-electron chi connectivity index (χ4n) is 1.95. The molecule has 0 aromatic heterocycles. The first-order valence-corrected chi connectivity index (χ1v) is 5.49. The van der Waals surface area contributed by atoms with Gasteiger partial charge in [-0.1, -0.05) is 28.9 Å². The third kappa shape index (κ3) is 1.42. The number of halogens is 1. The number of fused-ring (bicyclic) bond motifs is 1. The lowest BCUT2D eigenvalue weighted by atomic mass is 9.90. The van der Waals surface area contributed by atoms with Crippen molar-refractivity contribution in [1.82, 2.24) is 5.32 Å². The van der Waals surface area contributed by atoms with Gasteiger partial charge in [0.25, 0.3) is 0 Å². The summed E-state index contributed by atoms with van der Waals surface area (Å²) in [5.41, 5.74) is 3.08. The number of nitrogens with one attached hydrogen (secondary N) is 1. The first-order chi connectivity index (χ1) is 6.15. The van der Waals surface area contributed by atoms with Crippen molar-refractivity contribution in [3.8, 4) is 0 Å². The predicted molar refractivity (Wildman–Crippen MR) is 58.6 cm³/mol. The molecule has 0 aliphatic carbocycles. The van der Waals surface area contributed by atoms with Crippen LogP contribution in [0.1, 0.15) is 31.4 Å². The van der Waals surface area contributed by atoms with Gasteiger partial charge in [-0.15, -0.1) is 0 Å². The Hall–Kier alpha value is -0.340. The topological polar surface area (TPSA) is 12.0 Å². The molecule has 2 rings (SSSR count). The molecule has 0 saturated carbocycles. The van der Waals surface area contributed by atoms with Crippen LogP contribution in [0.5, 0.6) is 0 Å². The largest absolute Gasteiger partial charge is 0.303 e. The molecule has 1 nitrogen and oxygen atoms in total. The molecule has 1 unspecified atom stereocenters. The van der Waals surface area contributed by atoms with Gasteiger partial charge in [0.15, 0.2) is 0 Å². The maximum atomic E-state index is 3.55. The first-order valence-electron chi connectivity index (χ1n) is 4.69. The molecule has 1 aliphatic heterocycles. The van der Waals surface area contributed by atoms with E-state index in [4.69, 9.17) is 0 Å². The molecule has 0 amide bonds. The molecule has 0 spiro atoms. The summed E-state index contributed by atoms with van der Waals surface area (Å²) >= 11 is 3.50. The normalized spacial score (nSPS) is 26.1. The summed E-state index contributed by atoms with van der Waals surface area (Å²) in [6, 6.07) is 6.56. The Labute approximate surface area is 87.7 Å².